The summed E-state index contributed by atoms with van der Waals surface area (Å²) in [6.07, 6.45) is -4.97. The van der Waals surface area contributed by atoms with Crippen LogP contribution in [0.2, 0.25) is 0 Å². The average Bonchev–Trinajstić information content (AvgIpc) is 2.27. The molecule has 0 spiro atoms. The summed E-state index contributed by atoms with van der Waals surface area (Å²) in [5, 5.41) is 8.36. The fourth-order valence-corrected chi connectivity index (χ4v) is 1.23. The number of rotatable bonds is 2. The lowest BCUT2D eigenvalue weighted by Gasteiger charge is -2.11. The molecule has 0 amide bonds. The van der Waals surface area contributed by atoms with E-state index in [9.17, 15) is 18.0 Å². The maximum absolute atomic E-state index is 12.6. The van der Waals surface area contributed by atoms with Crippen molar-refractivity contribution >= 4 is 5.97 Å². The van der Waals surface area contributed by atoms with E-state index in [0.717, 1.165) is 19.2 Å². The molecule has 0 radical (unpaired) electrons. The minimum atomic E-state index is -4.55. The van der Waals surface area contributed by atoms with E-state index in [1.807, 2.05) is 0 Å². The lowest BCUT2D eigenvalue weighted by molar-refractivity contribution is -0.139. The summed E-state index contributed by atoms with van der Waals surface area (Å²) >= 11 is 0. The number of hydrogen-bond acceptors (Lipinski definition) is 2. The molecule has 0 saturated carbocycles. The largest absolute Gasteiger partial charge is 0.496 e. The van der Waals surface area contributed by atoms with Gasteiger partial charge in [-0.25, -0.2) is 0 Å². The van der Waals surface area contributed by atoms with Gasteiger partial charge in [-0.05, 0) is 18.2 Å². The topological polar surface area (TPSA) is 46.5 Å². The van der Waals surface area contributed by atoms with E-state index in [2.05, 4.69) is 16.6 Å². The minimum Gasteiger partial charge on any atom is -0.496 e. The van der Waals surface area contributed by atoms with Crippen LogP contribution in [0.1, 0.15) is 17.5 Å². The first-order valence-corrected chi connectivity index (χ1v) is 4.80. The molecular weight excluding hydrogens is 249 g/mol. The third-order valence-corrected chi connectivity index (χ3v) is 1.98. The molecule has 1 aromatic carbocycles. The van der Waals surface area contributed by atoms with Gasteiger partial charge in [0.15, 0.2) is 0 Å². The van der Waals surface area contributed by atoms with Crippen molar-refractivity contribution in [2.75, 3.05) is 7.11 Å². The van der Waals surface area contributed by atoms with Crippen molar-refractivity contribution < 1.29 is 27.8 Å². The van der Waals surface area contributed by atoms with Gasteiger partial charge in [0.2, 0.25) is 0 Å². The van der Waals surface area contributed by atoms with Crippen LogP contribution in [0.5, 0.6) is 5.75 Å². The van der Waals surface area contributed by atoms with Crippen molar-refractivity contribution in [2.45, 2.75) is 12.6 Å². The van der Waals surface area contributed by atoms with E-state index in [1.54, 1.807) is 0 Å². The maximum atomic E-state index is 12.6. The highest BCUT2D eigenvalue weighted by Gasteiger charge is 2.34. The number of halogens is 3. The Labute approximate surface area is 101 Å². The standard InChI is InChI=1S/C12H9F3O3/c1-18-10-6-5-8(3-2-4-11(16)17)7-9(10)12(13,14)15/h5-7H,4H2,1H3,(H,16,17). The smallest absolute Gasteiger partial charge is 0.420 e. The molecule has 0 unspecified atom stereocenters. The number of benzene rings is 1. The molecular formula is C12H9F3O3. The molecule has 1 aromatic rings. The average molecular weight is 258 g/mol. The number of aliphatic carboxylic acids is 1. The normalized spacial score (nSPS) is 10.4. The summed E-state index contributed by atoms with van der Waals surface area (Å²) in [5.41, 5.74) is -0.850. The Morgan fingerprint density at radius 3 is 2.61 bits per heavy atom. The third-order valence-electron chi connectivity index (χ3n) is 1.98. The summed E-state index contributed by atoms with van der Waals surface area (Å²) < 4.78 is 42.5. The lowest BCUT2D eigenvalue weighted by atomic mass is 10.1. The summed E-state index contributed by atoms with van der Waals surface area (Å²) in [6.45, 7) is 0. The predicted octanol–water partition coefficient (Wildman–Crippen LogP) is 2.54. The highest BCUT2D eigenvalue weighted by Crippen LogP contribution is 2.36. The Morgan fingerprint density at radius 2 is 2.11 bits per heavy atom. The number of carboxylic acids is 1. The van der Waals surface area contributed by atoms with E-state index in [1.165, 1.54) is 6.07 Å². The Morgan fingerprint density at radius 1 is 1.44 bits per heavy atom. The molecule has 0 aliphatic carbocycles. The SMILES string of the molecule is COc1ccc(C#CCC(=O)O)cc1C(F)(F)F. The van der Waals surface area contributed by atoms with Gasteiger partial charge < -0.3 is 9.84 Å². The van der Waals surface area contributed by atoms with Crippen molar-refractivity contribution in [2.24, 2.45) is 0 Å². The Bertz CT molecular complexity index is 510. The van der Waals surface area contributed by atoms with Crippen LogP contribution in [-0.4, -0.2) is 18.2 Å². The molecule has 96 valence electrons. The van der Waals surface area contributed by atoms with Crippen molar-refractivity contribution in [3.63, 3.8) is 0 Å². The van der Waals surface area contributed by atoms with Gasteiger partial charge in [-0.3, -0.25) is 4.79 Å². The molecule has 1 rings (SSSR count). The summed E-state index contributed by atoms with van der Waals surface area (Å²) in [7, 11) is 1.14. The zero-order valence-corrected chi connectivity index (χ0v) is 9.34. The maximum Gasteiger partial charge on any atom is 0.420 e. The first kappa shape index (κ1) is 13.9. The van der Waals surface area contributed by atoms with E-state index < -0.39 is 24.1 Å². The van der Waals surface area contributed by atoms with E-state index in [-0.39, 0.29) is 11.3 Å². The van der Waals surface area contributed by atoms with Crippen molar-refractivity contribution in [3.8, 4) is 17.6 Å². The number of hydrogen-bond donors (Lipinski definition) is 1. The summed E-state index contributed by atoms with van der Waals surface area (Å²) in [5.74, 6) is 3.18. The van der Waals surface area contributed by atoms with Crippen LogP contribution in [0.25, 0.3) is 0 Å². The molecule has 0 aliphatic rings. The monoisotopic (exact) mass is 258 g/mol. The van der Waals surface area contributed by atoms with E-state index >= 15 is 0 Å². The molecule has 0 bridgehead atoms. The lowest BCUT2D eigenvalue weighted by Crippen LogP contribution is -2.07. The Kier molecular flexibility index (Phi) is 4.21. The zero-order chi connectivity index (χ0) is 13.8. The van der Waals surface area contributed by atoms with Crippen LogP contribution in [0.4, 0.5) is 13.2 Å². The number of carbonyl (C=O) groups is 1. The van der Waals surface area contributed by atoms with Gasteiger partial charge in [0.25, 0.3) is 0 Å². The molecule has 0 atom stereocenters. The first-order chi connectivity index (χ1) is 8.34. The van der Waals surface area contributed by atoms with Crippen molar-refractivity contribution in [1.82, 2.24) is 0 Å². The molecule has 6 heteroatoms. The second-order valence-corrected chi connectivity index (χ2v) is 3.29. The number of carboxylic acid groups (broad SMARTS) is 1. The van der Waals surface area contributed by atoms with Gasteiger partial charge in [-0.2, -0.15) is 13.2 Å². The molecule has 0 fully saturated rings. The highest BCUT2D eigenvalue weighted by atomic mass is 19.4. The van der Waals surface area contributed by atoms with Crippen LogP contribution in [-0.2, 0) is 11.0 Å². The zero-order valence-electron chi connectivity index (χ0n) is 9.34. The minimum absolute atomic E-state index is 0.0874. The Hall–Kier alpha value is -2.16. The van der Waals surface area contributed by atoms with Gasteiger partial charge in [0, 0.05) is 5.56 Å². The van der Waals surface area contributed by atoms with Crippen LogP contribution in [0.15, 0.2) is 18.2 Å². The fourth-order valence-electron chi connectivity index (χ4n) is 1.23. The second kappa shape index (κ2) is 5.45. The molecule has 1 N–H and O–H groups in total. The number of alkyl halides is 3. The Balaban J connectivity index is 3.10. The fraction of sp³-hybridized carbons (Fsp3) is 0.250. The predicted molar refractivity (Wildman–Crippen MR) is 57.1 cm³/mol. The highest BCUT2D eigenvalue weighted by molar-refractivity contribution is 5.70. The van der Waals surface area contributed by atoms with Crippen LogP contribution in [0.3, 0.4) is 0 Å². The van der Waals surface area contributed by atoms with Crippen molar-refractivity contribution in [1.29, 1.82) is 0 Å². The van der Waals surface area contributed by atoms with Gasteiger partial charge in [-0.15, -0.1) is 0 Å². The van der Waals surface area contributed by atoms with Gasteiger partial charge in [0.05, 0.1) is 12.7 Å². The summed E-state index contributed by atoms with van der Waals surface area (Å²) in [4.78, 5) is 10.2. The molecule has 18 heavy (non-hydrogen) atoms. The molecule has 0 heterocycles. The molecule has 0 aromatic heterocycles. The van der Waals surface area contributed by atoms with Gasteiger partial charge in [0.1, 0.15) is 12.2 Å². The van der Waals surface area contributed by atoms with Crippen LogP contribution >= 0.6 is 0 Å². The quantitative estimate of drug-likeness (QED) is 0.829. The molecule has 0 saturated heterocycles. The second-order valence-electron chi connectivity index (χ2n) is 3.29. The van der Waals surface area contributed by atoms with Crippen LogP contribution < -0.4 is 4.74 Å². The van der Waals surface area contributed by atoms with Crippen LogP contribution in [0, 0.1) is 11.8 Å². The van der Waals surface area contributed by atoms with Crippen molar-refractivity contribution in [3.05, 3.63) is 29.3 Å². The van der Waals surface area contributed by atoms with Gasteiger partial charge >= 0.3 is 12.1 Å². The van der Waals surface area contributed by atoms with Gasteiger partial charge in [-0.1, -0.05) is 11.8 Å². The summed E-state index contributed by atoms with van der Waals surface area (Å²) in [6, 6.07) is 3.31. The third kappa shape index (κ3) is 3.70. The van der Waals surface area contributed by atoms with E-state index in [0.29, 0.717) is 0 Å². The number of methoxy groups -OCH3 is 1. The first-order valence-electron chi connectivity index (χ1n) is 4.80. The molecule has 3 nitrogen and oxygen atoms in total. The van der Waals surface area contributed by atoms with E-state index in [4.69, 9.17) is 5.11 Å². The number of ether oxygens (including phenoxy) is 1. The molecule has 0 aliphatic heterocycles.